The van der Waals surface area contributed by atoms with Crippen molar-refractivity contribution in [3.63, 3.8) is 0 Å². The summed E-state index contributed by atoms with van der Waals surface area (Å²) in [4.78, 5) is 7.01. The summed E-state index contributed by atoms with van der Waals surface area (Å²) in [5, 5.41) is 6.92. The molecule has 2 fully saturated rings. The first kappa shape index (κ1) is 20.5. The van der Waals surface area contributed by atoms with Gasteiger partial charge in [0.25, 0.3) is 0 Å². The van der Waals surface area contributed by atoms with Crippen molar-refractivity contribution in [3.8, 4) is 0 Å². The summed E-state index contributed by atoms with van der Waals surface area (Å²) in [5.74, 6) is 0.908. The lowest BCUT2D eigenvalue weighted by Gasteiger charge is -2.36. The number of rotatable bonds is 10. The van der Waals surface area contributed by atoms with Crippen molar-refractivity contribution in [3.05, 3.63) is 0 Å². The van der Waals surface area contributed by atoms with Crippen LogP contribution in [0.2, 0.25) is 0 Å². The number of piperidine rings is 1. The molecule has 2 heterocycles. The number of hydrogen-bond donors (Lipinski definition) is 2. The summed E-state index contributed by atoms with van der Waals surface area (Å²) in [7, 11) is 1.84. The standard InChI is InChI=1S/C19H38N4O2/c1-3-4-11-23-12-6-5-8-17(23)15-22-19(20-2)21-10-7-13-25-18-9-14-24-16-18/h17-18H,3-16H2,1-2H3,(H2,20,21,22). The number of hydrogen-bond acceptors (Lipinski definition) is 4. The van der Waals surface area contributed by atoms with Crippen molar-refractivity contribution < 1.29 is 9.47 Å². The lowest BCUT2D eigenvalue weighted by molar-refractivity contribution is 0.0420. The first-order valence-electron chi connectivity index (χ1n) is 10.2. The SMILES string of the molecule is CCCCN1CCCCC1CNC(=NC)NCCCOC1CCOC1. The molecule has 0 radical (unpaired) electrons. The first-order valence-corrected chi connectivity index (χ1v) is 10.2. The van der Waals surface area contributed by atoms with Gasteiger partial charge in [-0.05, 0) is 45.2 Å². The predicted octanol–water partition coefficient (Wildman–Crippen LogP) is 2.00. The molecule has 146 valence electrons. The molecule has 0 aromatic rings. The molecule has 0 bridgehead atoms. The molecule has 2 saturated heterocycles. The first-order chi connectivity index (χ1) is 12.3. The molecule has 2 rings (SSSR count). The maximum atomic E-state index is 5.79. The number of likely N-dealkylation sites (tertiary alicyclic amines) is 1. The van der Waals surface area contributed by atoms with Crippen LogP contribution >= 0.6 is 0 Å². The Hall–Kier alpha value is -0.850. The highest BCUT2D eigenvalue weighted by molar-refractivity contribution is 5.79. The molecule has 25 heavy (non-hydrogen) atoms. The Kier molecular flexibility index (Phi) is 10.2. The van der Waals surface area contributed by atoms with Crippen LogP contribution in [0.25, 0.3) is 0 Å². The second kappa shape index (κ2) is 12.5. The van der Waals surface area contributed by atoms with Crippen LogP contribution in [-0.4, -0.2) is 76.1 Å². The number of unbranched alkanes of at least 4 members (excludes halogenated alkanes) is 1. The second-order valence-corrected chi connectivity index (χ2v) is 7.13. The topological polar surface area (TPSA) is 58.1 Å². The minimum absolute atomic E-state index is 0.304. The van der Waals surface area contributed by atoms with E-state index >= 15 is 0 Å². The fourth-order valence-electron chi connectivity index (χ4n) is 3.56. The molecule has 2 N–H and O–H groups in total. The van der Waals surface area contributed by atoms with Crippen LogP contribution in [0, 0.1) is 0 Å². The summed E-state index contributed by atoms with van der Waals surface area (Å²) < 4.78 is 11.1. The highest BCUT2D eigenvalue weighted by atomic mass is 16.5. The van der Waals surface area contributed by atoms with Gasteiger partial charge < -0.3 is 20.1 Å². The smallest absolute Gasteiger partial charge is 0.191 e. The Balaban J connectivity index is 1.58. The average Bonchev–Trinajstić information content (AvgIpc) is 3.16. The third-order valence-corrected chi connectivity index (χ3v) is 5.13. The number of nitrogens with one attached hydrogen (secondary N) is 2. The lowest BCUT2D eigenvalue weighted by atomic mass is 10.0. The highest BCUT2D eigenvalue weighted by Gasteiger charge is 2.21. The molecule has 0 amide bonds. The normalized spacial score (nSPS) is 25.3. The molecule has 0 spiro atoms. The number of guanidine groups is 1. The van der Waals surface area contributed by atoms with Gasteiger partial charge in [-0.25, -0.2) is 0 Å². The van der Waals surface area contributed by atoms with Gasteiger partial charge >= 0.3 is 0 Å². The van der Waals surface area contributed by atoms with E-state index in [4.69, 9.17) is 9.47 Å². The third-order valence-electron chi connectivity index (χ3n) is 5.13. The molecule has 2 aliphatic heterocycles. The molecule has 6 nitrogen and oxygen atoms in total. The van der Waals surface area contributed by atoms with E-state index < -0.39 is 0 Å². The van der Waals surface area contributed by atoms with E-state index in [-0.39, 0.29) is 0 Å². The zero-order valence-corrected chi connectivity index (χ0v) is 16.3. The maximum absolute atomic E-state index is 5.79. The molecular formula is C19H38N4O2. The Bertz CT molecular complexity index is 372. The number of aliphatic imine (C=N–C) groups is 1. The van der Waals surface area contributed by atoms with E-state index in [1.165, 1.54) is 45.2 Å². The second-order valence-electron chi connectivity index (χ2n) is 7.13. The minimum atomic E-state index is 0.304. The molecule has 0 aromatic heterocycles. The zero-order chi connectivity index (χ0) is 17.7. The van der Waals surface area contributed by atoms with Crippen LogP contribution in [0.15, 0.2) is 4.99 Å². The molecule has 0 aliphatic carbocycles. The van der Waals surface area contributed by atoms with Crippen molar-refractivity contribution in [1.82, 2.24) is 15.5 Å². The molecule has 2 aliphatic rings. The van der Waals surface area contributed by atoms with E-state index in [2.05, 4.69) is 27.4 Å². The highest BCUT2D eigenvalue weighted by Crippen LogP contribution is 2.17. The van der Waals surface area contributed by atoms with Crippen LogP contribution in [0.4, 0.5) is 0 Å². The van der Waals surface area contributed by atoms with Crippen molar-refractivity contribution in [1.29, 1.82) is 0 Å². The van der Waals surface area contributed by atoms with E-state index in [1.807, 2.05) is 7.05 Å². The van der Waals surface area contributed by atoms with E-state index in [9.17, 15) is 0 Å². The summed E-state index contributed by atoms with van der Waals surface area (Å²) in [6.45, 7) is 9.01. The zero-order valence-electron chi connectivity index (χ0n) is 16.3. The largest absolute Gasteiger partial charge is 0.379 e. The summed E-state index contributed by atoms with van der Waals surface area (Å²) >= 11 is 0. The van der Waals surface area contributed by atoms with Gasteiger partial charge in [-0.3, -0.25) is 9.89 Å². The van der Waals surface area contributed by atoms with Gasteiger partial charge in [0.2, 0.25) is 0 Å². The molecule has 0 saturated carbocycles. The van der Waals surface area contributed by atoms with Gasteiger partial charge in [0, 0.05) is 39.4 Å². The van der Waals surface area contributed by atoms with E-state index in [1.54, 1.807) is 0 Å². The predicted molar refractivity (Wildman–Crippen MR) is 103 cm³/mol. The molecule has 2 unspecified atom stereocenters. The quantitative estimate of drug-likeness (QED) is 0.357. The third kappa shape index (κ3) is 7.92. The van der Waals surface area contributed by atoms with Crippen molar-refractivity contribution >= 4 is 5.96 Å². The van der Waals surface area contributed by atoms with E-state index in [0.717, 1.165) is 51.7 Å². The van der Waals surface area contributed by atoms with Crippen LogP contribution < -0.4 is 10.6 Å². The minimum Gasteiger partial charge on any atom is -0.379 e. The van der Waals surface area contributed by atoms with Crippen LogP contribution in [0.5, 0.6) is 0 Å². The molecule has 0 aromatic carbocycles. The van der Waals surface area contributed by atoms with Gasteiger partial charge in [-0.1, -0.05) is 19.8 Å². The molecule has 2 atom stereocenters. The van der Waals surface area contributed by atoms with Crippen molar-refractivity contribution in [2.75, 3.05) is 53.0 Å². The average molecular weight is 355 g/mol. The fraction of sp³-hybridized carbons (Fsp3) is 0.947. The van der Waals surface area contributed by atoms with Gasteiger partial charge in [-0.2, -0.15) is 0 Å². The van der Waals surface area contributed by atoms with Crippen LogP contribution in [-0.2, 0) is 9.47 Å². The van der Waals surface area contributed by atoms with E-state index in [0.29, 0.717) is 12.1 Å². The van der Waals surface area contributed by atoms with Gasteiger partial charge in [0.15, 0.2) is 5.96 Å². The molecular weight excluding hydrogens is 316 g/mol. The van der Waals surface area contributed by atoms with Crippen molar-refractivity contribution in [2.45, 2.75) is 64.0 Å². The Morgan fingerprint density at radius 3 is 2.92 bits per heavy atom. The van der Waals surface area contributed by atoms with Gasteiger partial charge in [0.1, 0.15) is 0 Å². The monoisotopic (exact) mass is 354 g/mol. The van der Waals surface area contributed by atoms with Gasteiger partial charge in [-0.15, -0.1) is 0 Å². The summed E-state index contributed by atoms with van der Waals surface area (Å²) in [6.07, 6.45) is 8.89. The summed E-state index contributed by atoms with van der Waals surface area (Å²) in [5.41, 5.74) is 0. The summed E-state index contributed by atoms with van der Waals surface area (Å²) in [6, 6.07) is 0.643. The number of ether oxygens (including phenoxy) is 2. The van der Waals surface area contributed by atoms with Crippen LogP contribution in [0.3, 0.4) is 0 Å². The van der Waals surface area contributed by atoms with Crippen LogP contribution in [0.1, 0.15) is 51.9 Å². The Morgan fingerprint density at radius 1 is 1.24 bits per heavy atom. The Labute approximate surface area is 153 Å². The Morgan fingerprint density at radius 2 is 2.16 bits per heavy atom. The number of nitrogens with zero attached hydrogens (tertiary/aromatic N) is 2. The maximum Gasteiger partial charge on any atom is 0.191 e. The fourth-order valence-corrected chi connectivity index (χ4v) is 3.56. The molecule has 6 heteroatoms. The van der Waals surface area contributed by atoms with Gasteiger partial charge in [0.05, 0.1) is 12.7 Å². The van der Waals surface area contributed by atoms with Crippen molar-refractivity contribution in [2.24, 2.45) is 4.99 Å². The lowest BCUT2D eigenvalue weighted by Crippen LogP contribution is -2.49.